The SMILES string of the molecule is COc1ccc(C)cc1NC(c1ccc(F)cc1)C1CC1. The smallest absolute Gasteiger partial charge is 0.141 e. The molecule has 0 radical (unpaired) electrons. The molecule has 1 saturated carbocycles. The maximum Gasteiger partial charge on any atom is 0.141 e. The van der Waals surface area contributed by atoms with Crippen LogP contribution in [-0.2, 0) is 0 Å². The summed E-state index contributed by atoms with van der Waals surface area (Å²) in [6, 6.07) is 13.1. The predicted octanol–water partition coefficient (Wildman–Crippen LogP) is 4.71. The van der Waals surface area contributed by atoms with E-state index in [9.17, 15) is 4.39 Å². The molecule has 2 aromatic rings. The minimum Gasteiger partial charge on any atom is -0.495 e. The Bertz CT molecular complexity index is 620. The van der Waals surface area contributed by atoms with Crippen LogP contribution in [0.1, 0.15) is 30.0 Å². The molecule has 1 aliphatic carbocycles. The lowest BCUT2D eigenvalue weighted by molar-refractivity contribution is 0.415. The third-order valence-corrected chi connectivity index (χ3v) is 3.99. The molecule has 1 N–H and O–H groups in total. The van der Waals surface area contributed by atoms with Gasteiger partial charge < -0.3 is 10.1 Å². The van der Waals surface area contributed by atoms with E-state index < -0.39 is 0 Å². The van der Waals surface area contributed by atoms with E-state index >= 15 is 0 Å². The molecule has 21 heavy (non-hydrogen) atoms. The van der Waals surface area contributed by atoms with E-state index in [-0.39, 0.29) is 11.9 Å². The highest BCUT2D eigenvalue weighted by Gasteiger charge is 2.32. The summed E-state index contributed by atoms with van der Waals surface area (Å²) in [6.07, 6.45) is 2.42. The molecule has 3 heteroatoms. The molecular formula is C18H20FNO. The van der Waals surface area contributed by atoms with Gasteiger partial charge in [0, 0.05) is 0 Å². The molecule has 2 nitrogen and oxygen atoms in total. The maximum atomic E-state index is 13.1. The summed E-state index contributed by atoms with van der Waals surface area (Å²) < 4.78 is 18.6. The normalized spacial score (nSPS) is 15.6. The van der Waals surface area contributed by atoms with E-state index in [1.54, 1.807) is 7.11 Å². The second-order valence-corrected chi connectivity index (χ2v) is 5.71. The van der Waals surface area contributed by atoms with Crippen molar-refractivity contribution in [1.29, 1.82) is 0 Å². The molecule has 1 unspecified atom stereocenters. The number of ether oxygens (including phenoxy) is 1. The number of hydrogen-bond donors (Lipinski definition) is 1. The quantitative estimate of drug-likeness (QED) is 0.859. The van der Waals surface area contributed by atoms with Gasteiger partial charge in [0.25, 0.3) is 0 Å². The van der Waals surface area contributed by atoms with Gasteiger partial charge in [-0.3, -0.25) is 0 Å². The highest BCUT2D eigenvalue weighted by Crippen LogP contribution is 2.44. The standard InChI is InChI=1S/C18H20FNO/c1-12-3-10-17(21-2)16(11-12)20-18(13-4-5-13)14-6-8-15(19)9-7-14/h3,6-11,13,18,20H,4-5H2,1-2H3. The third-order valence-electron chi connectivity index (χ3n) is 3.99. The minimum absolute atomic E-state index is 0.193. The number of nitrogens with one attached hydrogen (secondary N) is 1. The van der Waals surface area contributed by atoms with Crippen LogP contribution in [0.4, 0.5) is 10.1 Å². The van der Waals surface area contributed by atoms with Crippen molar-refractivity contribution >= 4 is 5.69 Å². The van der Waals surface area contributed by atoms with Gasteiger partial charge in [-0.05, 0) is 61.1 Å². The summed E-state index contributed by atoms with van der Waals surface area (Å²) in [5, 5.41) is 3.59. The van der Waals surface area contributed by atoms with Gasteiger partial charge in [-0.15, -0.1) is 0 Å². The van der Waals surface area contributed by atoms with Crippen molar-refractivity contribution in [1.82, 2.24) is 0 Å². The minimum atomic E-state index is -0.193. The summed E-state index contributed by atoms with van der Waals surface area (Å²) in [6.45, 7) is 2.06. The number of rotatable bonds is 5. The van der Waals surface area contributed by atoms with Crippen molar-refractivity contribution in [2.24, 2.45) is 5.92 Å². The number of benzene rings is 2. The van der Waals surface area contributed by atoms with E-state index in [4.69, 9.17) is 4.74 Å². The Morgan fingerprint density at radius 3 is 2.48 bits per heavy atom. The Morgan fingerprint density at radius 1 is 1.14 bits per heavy atom. The van der Waals surface area contributed by atoms with Gasteiger partial charge in [-0.2, -0.15) is 0 Å². The van der Waals surface area contributed by atoms with Crippen LogP contribution in [0.15, 0.2) is 42.5 Å². The zero-order chi connectivity index (χ0) is 14.8. The van der Waals surface area contributed by atoms with Gasteiger partial charge in [0.05, 0.1) is 18.8 Å². The molecule has 1 atom stereocenters. The zero-order valence-electron chi connectivity index (χ0n) is 12.4. The Kier molecular flexibility index (Phi) is 3.82. The summed E-state index contributed by atoms with van der Waals surface area (Å²) in [5.41, 5.74) is 3.31. The second kappa shape index (κ2) is 5.76. The molecule has 3 rings (SSSR count). The number of aryl methyl sites for hydroxylation is 1. The summed E-state index contributed by atoms with van der Waals surface area (Å²) in [4.78, 5) is 0. The molecule has 2 aromatic carbocycles. The predicted molar refractivity (Wildman–Crippen MR) is 83.2 cm³/mol. The monoisotopic (exact) mass is 285 g/mol. The van der Waals surface area contributed by atoms with E-state index in [2.05, 4.69) is 18.3 Å². The lowest BCUT2D eigenvalue weighted by atomic mass is 10.0. The summed E-state index contributed by atoms with van der Waals surface area (Å²) in [5.74, 6) is 1.26. The molecule has 0 spiro atoms. The molecule has 110 valence electrons. The Morgan fingerprint density at radius 2 is 1.86 bits per heavy atom. The first kappa shape index (κ1) is 13.9. The number of anilines is 1. The molecule has 0 aliphatic heterocycles. The first-order valence-corrected chi connectivity index (χ1v) is 7.34. The first-order chi connectivity index (χ1) is 10.2. The van der Waals surface area contributed by atoms with E-state index in [0.29, 0.717) is 5.92 Å². The lowest BCUT2D eigenvalue weighted by Crippen LogP contribution is -2.13. The first-order valence-electron chi connectivity index (χ1n) is 7.34. The van der Waals surface area contributed by atoms with E-state index in [1.165, 1.54) is 30.5 Å². The summed E-state index contributed by atoms with van der Waals surface area (Å²) >= 11 is 0. The molecule has 0 saturated heterocycles. The Balaban J connectivity index is 1.89. The number of methoxy groups -OCH3 is 1. The fraction of sp³-hybridized carbons (Fsp3) is 0.333. The molecule has 1 aliphatic rings. The average Bonchev–Trinajstić information content (AvgIpc) is 3.31. The van der Waals surface area contributed by atoms with Crippen LogP contribution in [0.5, 0.6) is 5.75 Å². The topological polar surface area (TPSA) is 21.3 Å². The van der Waals surface area contributed by atoms with Gasteiger partial charge in [-0.1, -0.05) is 18.2 Å². The molecule has 1 fully saturated rings. The Hall–Kier alpha value is -2.03. The van der Waals surface area contributed by atoms with Crippen molar-refractivity contribution in [2.75, 3.05) is 12.4 Å². The summed E-state index contributed by atoms with van der Waals surface area (Å²) in [7, 11) is 1.68. The molecule has 0 amide bonds. The second-order valence-electron chi connectivity index (χ2n) is 5.71. The van der Waals surface area contributed by atoms with Crippen LogP contribution in [-0.4, -0.2) is 7.11 Å². The molecule has 0 aromatic heterocycles. The number of hydrogen-bond acceptors (Lipinski definition) is 2. The maximum absolute atomic E-state index is 13.1. The van der Waals surface area contributed by atoms with Crippen molar-refractivity contribution < 1.29 is 9.13 Å². The highest BCUT2D eigenvalue weighted by molar-refractivity contribution is 5.59. The molecular weight excluding hydrogens is 265 g/mol. The van der Waals surface area contributed by atoms with Crippen LogP contribution >= 0.6 is 0 Å². The van der Waals surface area contributed by atoms with Gasteiger partial charge in [0.2, 0.25) is 0 Å². The van der Waals surface area contributed by atoms with Crippen LogP contribution in [0.3, 0.4) is 0 Å². The zero-order valence-corrected chi connectivity index (χ0v) is 12.4. The van der Waals surface area contributed by atoms with Gasteiger partial charge in [-0.25, -0.2) is 4.39 Å². The lowest BCUT2D eigenvalue weighted by Gasteiger charge is -2.22. The fourth-order valence-electron chi connectivity index (χ4n) is 2.68. The van der Waals surface area contributed by atoms with Gasteiger partial charge in [0.1, 0.15) is 11.6 Å². The van der Waals surface area contributed by atoms with Gasteiger partial charge >= 0.3 is 0 Å². The third kappa shape index (κ3) is 3.18. The van der Waals surface area contributed by atoms with Crippen LogP contribution in [0.2, 0.25) is 0 Å². The van der Waals surface area contributed by atoms with Crippen LogP contribution in [0, 0.1) is 18.7 Å². The van der Waals surface area contributed by atoms with Crippen molar-refractivity contribution in [3.63, 3.8) is 0 Å². The van der Waals surface area contributed by atoms with Crippen LogP contribution in [0.25, 0.3) is 0 Å². The van der Waals surface area contributed by atoms with E-state index in [1.807, 2.05) is 24.3 Å². The molecule has 0 bridgehead atoms. The van der Waals surface area contributed by atoms with Crippen molar-refractivity contribution in [2.45, 2.75) is 25.8 Å². The average molecular weight is 285 g/mol. The van der Waals surface area contributed by atoms with Crippen LogP contribution < -0.4 is 10.1 Å². The molecule has 0 heterocycles. The fourth-order valence-corrected chi connectivity index (χ4v) is 2.68. The largest absolute Gasteiger partial charge is 0.495 e. The Labute approximate surface area is 125 Å². The van der Waals surface area contributed by atoms with Gasteiger partial charge in [0.15, 0.2) is 0 Å². The van der Waals surface area contributed by atoms with E-state index in [0.717, 1.165) is 17.0 Å². The van der Waals surface area contributed by atoms with Crippen molar-refractivity contribution in [3.8, 4) is 5.75 Å². The van der Waals surface area contributed by atoms with Crippen molar-refractivity contribution in [3.05, 3.63) is 59.4 Å². The highest BCUT2D eigenvalue weighted by atomic mass is 19.1. The number of halogens is 1.